The molecule has 1 amide bonds. The van der Waals surface area contributed by atoms with Crippen LogP contribution in [0.1, 0.15) is 23.2 Å². The summed E-state index contributed by atoms with van der Waals surface area (Å²) in [5, 5.41) is 0. The molecule has 0 atom stereocenters. The highest BCUT2D eigenvalue weighted by molar-refractivity contribution is 7.98. The number of benzene rings is 3. The third-order valence-electron chi connectivity index (χ3n) is 5.21. The van der Waals surface area contributed by atoms with Gasteiger partial charge >= 0.3 is 0 Å². The van der Waals surface area contributed by atoms with E-state index in [1.807, 2.05) is 24.5 Å². The molecule has 0 radical (unpaired) electrons. The standard InChI is InChI=1S/C24H24N2O4S2/c1-31-23-14-13-19(17-20(23)24(27)26-15-7-8-16-26)32(28,29)25-21-11-5-6-12-22(21)30-18-9-3-2-4-10-18/h2-6,9-14,17,25H,7-8,15-16H2,1H3. The minimum absolute atomic E-state index is 0.0346. The molecular weight excluding hydrogens is 444 g/mol. The predicted octanol–water partition coefficient (Wildman–Crippen LogP) is 5.24. The molecule has 0 aliphatic carbocycles. The van der Waals surface area contributed by atoms with E-state index in [1.165, 1.54) is 23.9 Å². The fourth-order valence-corrected chi connectivity index (χ4v) is 5.24. The van der Waals surface area contributed by atoms with E-state index in [-0.39, 0.29) is 10.8 Å². The van der Waals surface area contributed by atoms with Gasteiger partial charge in [0.25, 0.3) is 15.9 Å². The number of hydrogen-bond acceptors (Lipinski definition) is 5. The van der Waals surface area contributed by atoms with Gasteiger partial charge in [0.2, 0.25) is 0 Å². The zero-order valence-electron chi connectivity index (χ0n) is 17.7. The molecule has 4 rings (SSSR count). The Bertz CT molecular complexity index is 1210. The molecule has 0 spiro atoms. The SMILES string of the molecule is CSc1ccc(S(=O)(=O)Nc2ccccc2Oc2ccccc2)cc1C(=O)N1CCCC1. The van der Waals surface area contributed by atoms with Gasteiger partial charge in [0.15, 0.2) is 5.75 Å². The van der Waals surface area contributed by atoms with Crippen LogP contribution in [0.3, 0.4) is 0 Å². The molecule has 0 bridgehead atoms. The highest BCUT2D eigenvalue weighted by Gasteiger charge is 2.25. The second-order valence-corrected chi connectivity index (χ2v) is 9.91. The molecule has 32 heavy (non-hydrogen) atoms. The molecule has 1 fully saturated rings. The molecule has 1 saturated heterocycles. The zero-order valence-corrected chi connectivity index (χ0v) is 19.3. The summed E-state index contributed by atoms with van der Waals surface area (Å²) >= 11 is 1.43. The lowest BCUT2D eigenvalue weighted by molar-refractivity contribution is 0.0789. The molecule has 3 aromatic rings. The fourth-order valence-electron chi connectivity index (χ4n) is 3.57. The van der Waals surface area contributed by atoms with Crippen molar-refractivity contribution < 1.29 is 17.9 Å². The number of amides is 1. The second kappa shape index (κ2) is 9.67. The molecule has 1 N–H and O–H groups in total. The minimum Gasteiger partial charge on any atom is -0.455 e. The average Bonchev–Trinajstić information content (AvgIpc) is 3.35. The number of sulfonamides is 1. The van der Waals surface area contributed by atoms with Crippen molar-refractivity contribution in [2.24, 2.45) is 0 Å². The van der Waals surface area contributed by atoms with Crippen LogP contribution in [0.25, 0.3) is 0 Å². The Labute approximate surface area is 192 Å². The molecule has 0 unspecified atom stereocenters. The highest BCUT2D eigenvalue weighted by atomic mass is 32.2. The van der Waals surface area contributed by atoms with Crippen LogP contribution in [-0.4, -0.2) is 38.6 Å². The molecule has 8 heteroatoms. The maximum Gasteiger partial charge on any atom is 0.262 e. The van der Waals surface area contributed by atoms with E-state index >= 15 is 0 Å². The lowest BCUT2D eigenvalue weighted by Crippen LogP contribution is -2.28. The van der Waals surface area contributed by atoms with E-state index in [4.69, 9.17) is 4.74 Å². The van der Waals surface area contributed by atoms with Crippen LogP contribution in [0.4, 0.5) is 5.69 Å². The highest BCUT2D eigenvalue weighted by Crippen LogP contribution is 2.32. The normalized spacial score (nSPS) is 13.7. The predicted molar refractivity (Wildman–Crippen MR) is 127 cm³/mol. The molecule has 1 heterocycles. The van der Waals surface area contributed by atoms with Crippen molar-refractivity contribution in [3.05, 3.63) is 78.4 Å². The summed E-state index contributed by atoms with van der Waals surface area (Å²) in [5.74, 6) is 0.857. The molecule has 166 valence electrons. The third-order valence-corrected chi connectivity index (χ3v) is 7.37. The number of hydrogen-bond donors (Lipinski definition) is 1. The van der Waals surface area contributed by atoms with E-state index in [1.54, 1.807) is 47.4 Å². The molecule has 3 aromatic carbocycles. The Morgan fingerprint density at radius 2 is 1.66 bits per heavy atom. The van der Waals surface area contributed by atoms with Crippen LogP contribution in [-0.2, 0) is 10.0 Å². The first-order chi connectivity index (χ1) is 15.5. The zero-order chi connectivity index (χ0) is 22.6. The number of ether oxygens (including phenoxy) is 1. The first-order valence-corrected chi connectivity index (χ1v) is 13.0. The number of likely N-dealkylation sites (tertiary alicyclic amines) is 1. The van der Waals surface area contributed by atoms with Crippen LogP contribution in [0.5, 0.6) is 11.5 Å². The summed E-state index contributed by atoms with van der Waals surface area (Å²) in [6.45, 7) is 1.40. The first kappa shape index (κ1) is 22.2. The smallest absolute Gasteiger partial charge is 0.262 e. The number of anilines is 1. The van der Waals surface area contributed by atoms with Crippen LogP contribution in [0.15, 0.2) is 82.6 Å². The average molecular weight is 469 g/mol. The van der Waals surface area contributed by atoms with Crippen LogP contribution < -0.4 is 9.46 Å². The quantitative estimate of drug-likeness (QED) is 0.480. The van der Waals surface area contributed by atoms with Crippen LogP contribution in [0.2, 0.25) is 0 Å². The summed E-state index contributed by atoms with van der Waals surface area (Å²) in [6, 6.07) is 20.7. The Morgan fingerprint density at radius 1 is 0.969 bits per heavy atom. The molecule has 6 nitrogen and oxygen atoms in total. The molecule has 0 aromatic heterocycles. The summed E-state index contributed by atoms with van der Waals surface area (Å²) in [6.07, 6.45) is 3.82. The Morgan fingerprint density at radius 3 is 2.38 bits per heavy atom. The molecule has 1 aliphatic heterocycles. The van der Waals surface area contributed by atoms with E-state index < -0.39 is 10.0 Å². The lowest BCUT2D eigenvalue weighted by Gasteiger charge is -2.18. The van der Waals surface area contributed by atoms with Crippen molar-refractivity contribution in [1.29, 1.82) is 0 Å². The monoisotopic (exact) mass is 468 g/mol. The van der Waals surface area contributed by atoms with Gasteiger partial charge in [-0.3, -0.25) is 9.52 Å². The Kier molecular flexibility index (Phi) is 6.72. The van der Waals surface area contributed by atoms with Gasteiger partial charge in [0.1, 0.15) is 5.75 Å². The van der Waals surface area contributed by atoms with Crippen molar-refractivity contribution in [3.8, 4) is 11.5 Å². The maximum atomic E-state index is 13.2. The van der Waals surface area contributed by atoms with E-state index in [9.17, 15) is 13.2 Å². The second-order valence-electron chi connectivity index (χ2n) is 7.38. The summed E-state index contributed by atoms with van der Waals surface area (Å²) < 4.78 is 34.9. The van der Waals surface area contributed by atoms with Crippen molar-refractivity contribution in [3.63, 3.8) is 0 Å². The maximum absolute atomic E-state index is 13.2. The van der Waals surface area contributed by atoms with Gasteiger partial charge in [-0.15, -0.1) is 11.8 Å². The largest absolute Gasteiger partial charge is 0.455 e. The number of nitrogens with zero attached hydrogens (tertiary/aromatic N) is 1. The first-order valence-electron chi connectivity index (χ1n) is 10.3. The summed E-state index contributed by atoms with van der Waals surface area (Å²) in [5.41, 5.74) is 0.730. The van der Waals surface area contributed by atoms with Crippen LogP contribution >= 0.6 is 11.8 Å². The molecule has 1 aliphatic rings. The number of nitrogens with one attached hydrogen (secondary N) is 1. The van der Waals surface area contributed by atoms with Gasteiger partial charge in [0, 0.05) is 18.0 Å². The topological polar surface area (TPSA) is 75.7 Å². The van der Waals surface area contributed by atoms with Crippen molar-refractivity contribution in [2.75, 3.05) is 24.1 Å². The van der Waals surface area contributed by atoms with Gasteiger partial charge < -0.3 is 9.64 Å². The van der Waals surface area contributed by atoms with Gasteiger partial charge in [-0.05, 0) is 61.6 Å². The van der Waals surface area contributed by atoms with Crippen molar-refractivity contribution in [1.82, 2.24) is 4.90 Å². The number of carbonyl (C=O) groups is 1. The van der Waals surface area contributed by atoms with Gasteiger partial charge in [-0.2, -0.15) is 0 Å². The van der Waals surface area contributed by atoms with Crippen molar-refractivity contribution in [2.45, 2.75) is 22.6 Å². The van der Waals surface area contributed by atoms with E-state index in [0.717, 1.165) is 17.7 Å². The fraction of sp³-hybridized carbons (Fsp3) is 0.208. The minimum atomic E-state index is -3.94. The van der Waals surface area contributed by atoms with Gasteiger partial charge in [-0.25, -0.2) is 8.42 Å². The van der Waals surface area contributed by atoms with Gasteiger partial charge in [0.05, 0.1) is 16.1 Å². The van der Waals surface area contributed by atoms with Crippen molar-refractivity contribution >= 4 is 33.4 Å². The summed E-state index contributed by atoms with van der Waals surface area (Å²) in [4.78, 5) is 15.6. The summed E-state index contributed by atoms with van der Waals surface area (Å²) in [7, 11) is -3.94. The third kappa shape index (κ3) is 4.92. The van der Waals surface area contributed by atoms with Crippen LogP contribution in [0, 0.1) is 0 Å². The van der Waals surface area contributed by atoms with Gasteiger partial charge in [-0.1, -0.05) is 30.3 Å². The molecule has 0 saturated carbocycles. The number of carbonyl (C=O) groups excluding carboxylic acids is 1. The number of para-hydroxylation sites is 3. The number of thioether (sulfide) groups is 1. The van der Waals surface area contributed by atoms with E-state index in [0.29, 0.717) is 35.8 Å². The lowest BCUT2D eigenvalue weighted by atomic mass is 10.2. The Balaban J connectivity index is 1.63. The number of rotatable bonds is 7. The Hall–Kier alpha value is -2.97. The van der Waals surface area contributed by atoms with E-state index in [2.05, 4.69) is 4.72 Å². The molecular formula is C24H24N2O4S2.